The van der Waals surface area contributed by atoms with Gasteiger partial charge in [-0.2, -0.15) is 0 Å². The summed E-state index contributed by atoms with van der Waals surface area (Å²) in [5, 5.41) is 14.6. The molecular formula is C19H20Cl2N2O6. The van der Waals surface area contributed by atoms with Crippen molar-refractivity contribution in [2.45, 2.75) is 19.4 Å². The maximum absolute atomic E-state index is 12.3. The summed E-state index contributed by atoms with van der Waals surface area (Å²) in [5.41, 5.74) is 0.284. The summed E-state index contributed by atoms with van der Waals surface area (Å²) in [5.74, 6) is 0.514. The lowest BCUT2D eigenvalue weighted by molar-refractivity contribution is -0.385. The third-order valence-corrected chi connectivity index (χ3v) is 4.87. The second-order valence-corrected chi connectivity index (χ2v) is 6.73. The minimum atomic E-state index is -0.841. The number of hydrogen-bond acceptors (Lipinski definition) is 6. The third kappa shape index (κ3) is 5.65. The van der Waals surface area contributed by atoms with Crippen LogP contribution in [-0.4, -0.2) is 37.7 Å². The molecule has 0 aromatic heterocycles. The Balaban J connectivity index is 2.02. The average molecular weight is 443 g/mol. The largest absolute Gasteiger partial charge is 0.493 e. The van der Waals surface area contributed by atoms with Crippen molar-refractivity contribution in [1.29, 1.82) is 0 Å². The van der Waals surface area contributed by atoms with Crippen LogP contribution < -0.4 is 19.5 Å². The van der Waals surface area contributed by atoms with Crippen LogP contribution in [0.3, 0.4) is 0 Å². The number of carbonyl (C=O) groups excluding carboxylic acids is 1. The Morgan fingerprint density at radius 3 is 2.45 bits per heavy atom. The minimum Gasteiger partial charge on any atom is -0.493 e. The lowest BCUT2D eigenvalue weighted by Crippen LogP contribution is -2.37. The number of ether oxygens (including phenoxy) is 3. The number of amides is 1. The van der Waals surface area contributed by atoms with Gasteiger partial charge in [-0.05, 0) is 31.5 Å². The Hall–Kier alpha value is -2.71. The summed E-state index contributed by atoms with van der Waals surface area (Å²) in [4.78, 5) is 23.1. The number of nitrogens with one attached hydrogen (secondary N) is 1. The van der Waals surface area contributed by atoms with Crippen LogP contribution in [0.2, 0.25) is 10.0 Å². The lowest BCUT2D eigenvalue weighted by atomic mass is 10.1. The van der Waals surface area contributed by atoms with E-state index in [0.29, 0.717) is 16.3 Å². The molecule has 0 aliphatic carbocycles. The average Bonchev–Trinajstić information content (AvgIpc) is 2.70. The highest BCUT2D eigenvalue weighted by Gasteiger charge is 2.21. The molecule has 1 amide bonds. The number of benzene rings is 2. The molecule has 2 rings (SSSR count). The molecule has 2 aromatic rings. The summed E-state index contributed by atoms with van der Waals surface area (Å²) in [7, 11) is 2.84. The number of hydrogen-bond donors (Lipinski definition) is 1. The van der Waals surface area contributed by atoms with Crippen molar-refractivity contribution in [3.05, 3.63) is 56.1 Å². The molecule has 2 aromatic carbocycles. The van der Waals surface area contributed by atoms with E-state index in [1.165, 1.54) is 26.4 Å². The normalized spacial score (nSPS) is 11.5. The molecule has 1 N–H and O–H groups in total. The summed E-state index contributed by atoms with van der Waals surface area (Å²) in [6.07, 6.45) is -0.626. The van der Waals surface area contributed by atoms with Crippen LogP contribution in [0.15, 0.2) is 30.3 Å². The van der Waals surface area contributed by atoms with Gasteiger partial charge in [0, 0.05) is 12.1 Å². The monoisotopic (exact) mass is 442 g/mol. The van der Waals surface area contributed by atoms with Crippen molar-refractivity contribution < 1.29 is 23.9 Å². The van der Waals surface area contributed by atoms with E-state index < -0.39 is 16.9 Å². The van der Waals surface area contributed by atoms with Crippen molar-refractivity contribution in [3.63, 3.8) is 0 Å². The second-order valence-electron chi connectivity index (χ2n) is 5.95. The first-order valence-electron chi connectivity index (χ1n) is 8.56. The van der Waals surface area contributed by atoms with Crippen molar-refractivity contribution in [1.82, 2.24) is 5.32 Å². The van der Waals surface area contributed by atoms with Crippen LogP contribution in [0, 0.1) is 10.1 Å². The molecule has 0 radical (unpaired) electrons. The fourth-order valence-electron chi connectivity index (χ4n) is 2.56. The number of methoxy groups -OCH3 is 2. The SMILES string of the molecule is COc1cc(CCNC(=O)C(C)Oc2cccc(Cl)c2Cl)c([N+](=O)[O-])cc1OC. The molecule has 0 bridgehead atoms. The highest BCUT2D eigenvalue weighted by Crippen LogP contribution is 2.35. The van der Waals surface area contributed by atoms with Gasteiger partial charge in [0.1, 0.15) is 10.8 Å². The van der Waals surface area contributed by atoms with E-state index in [0.717, 1.165) is 0 Å². The summed E-state index contributed by atoms with van der Waals surface area (Å²) < 4.78 is 15.8. The van der Waals surface area contributed by atoms with E-state index in [2.05, 4.69) is 5.32 Å². The predicted molar refractivity (Wildman–Crippen MR) is 109 cm³/mol. The maximum Gasteiger partial charge on any atom is 0.276 e. The number of nitrogens with zero attached hydrogens (tertiary/aromatic N) is 1. The van der Waals surface area contributed by atoms with Crippen LogP contribution in [0.1, 0.15) is 12.5 Å². The fraction of sp³-hybridized carbons (Fsp3) is 0.316. The fourth-order valence-corrected chi connectivity index (χ4v) is 2.90. The molecule has 1 atom stereocenters. The number of nitro groups is 1. The van der Waals surface area contributed by atoms with Crippen molar-refractivity contribution >= 4 is 34.8 Å². The number of nitro benzene ring substituents is 1. The van der Waals surface area contributed by atoms with Gasteiger partial charge in [0.2, 0.25) is 0 Å². The van der Waals surface area contributed by atoms with Gasteiger partial charge in [0.25, 0.3) is 11.6 Å². The predicted octanol–water partition coefficient (Wildman–Crippen LogP) is 4.05. The smallest absolute Gasteiger partial charge is 0.276 e. The highest BCUT2D eigenvalue weighted by molar-refractivity contribution is 6.42. The van der Waals surface area contributed by atoms with E-state index in [1.54, 1.807) is 25.1 Å². The van der Waals surface area contributed by atoms with E-state index >= 15 is 0 Å². The van der Waals surface area contributed by atoms with Gasteiger partial charge < -0.3 is 19.5 Å². The van der Waals surface area contributed by atoms with E-state index in [-0.39, 0.29) is 35.2 Å². The molecule has 0 spiro atoms. The van der Waals surface area contributed by atoms with Gasteiger partial charge in [-0.1, -0.05) is 29.3 Å². The van der Waals surface area contributed by atoms with Gasteiger partial charge in [-0.25, -0.2) is 0 Å². The van der Waals surface area contributed by atoms with Gasteiger partial charge in [0.15, 0.2) is 17.6 Å². The Morgan fingerprint density at radius 2 is 1.83 bits per heavy atom. The summed E-state index contributed by atoms with van der Waals surface area (Å²) in [6, 6.07) is 7.69. The second kappa shape index (κ2) is 10.2. The van der Waals surface area contributed by atoms with Crippen molar-refractivity contribution in [2.75, 3.05) is 20.8 Å². The maximum atomic E-state index is 12.3. The van der Waals surface area contributed by atoms with Gasteiger partial charge in [-0.3, -0.25) is 14.9 Å². The van der Waals surface area contributed by atoms with Crippen LogP contribution in [0.4, 0.5) is 5.69 Å². The molecule has 10 heteroatoms. The summed E-state index contributed by atoms with van der Waals surface area (Å²) in [6.45, 7) is 1.72. The minimum absolute atomic E-state index is 0.119. The molecule has 8 nitrogen and oxygen atoms in total. The van der Waals surface area contributed by atoms with E-state index in [1.807, 2.05) is 0 Å². The van der Waals surface area contributed by atoms with E-state index in [4.69, 9.17) is 37.4 Å². The van der Waals surface area contributed by atoms with Gasteiger partial charge in [-0.15, -0.1) is 0 Å². The zero-order valence-electron chi connectivity index (χ0n) is 16.0. The first-order valence-corrected chi connectivity index (χ1v) is 9.31. The van der Waals surface area contributed by atoms with Crippen molar-refractivity contribution in [3.8, 4) is 17.2 Å². The summed E-state index contributed by atoms with van der Waals surface area (Å²) >= 11 is 12.0. The van der Waals surface area contributed by atoms with Crippen LogP contribution >= 0.6 is 23.2 Å². The van der Waals surface area contributed by atoms with Gasteiger partial charge in [0.05, 0.1) is 30.2 Å². The Bertz CT molecular complexity index is 907. The molecule has 0 saturated carbocycles. The molecule has 156 valence electrons. The lowest BCUT2D eigenvalue weighted by Gasteiger charge is -2.16. The first kappa shape index (κ1) is 22.6. The van der Waals surface area contributed by atoms with Crippen LogP contribution in [0.25, 0.3) is 0 Å². The molecule has 0 heterocycles. The highest BCUT2D eigenvalue weighted by atomic mass is 35.5. The zero-order chi connectivity index (χ0) is 21.6. The molecule has 1 unspecified atom stereocenters. The third-order valence-electron chi connectivity index (χ3n) is 4.06. The Kier molecular flexibility index (Phi) is 7.92. The first-order chi connectivity index (χ1) is 13.8. The number of halogens is 2. The zero-order valence-corrected chi connectivity index (χ0v) is 17.5. The topological polar surface area (TPSA) is 99.9 Å². The molecule has 0 aliphatic rings. The molecular weight excluding hydrogens is 423 g/mol. The molecule has 0 aliphatic heterocycles. The van der Waals surface area contributed by atoms with Crippen LogP contribution in [0.5, 0.6) is 17.2 Å². The van der Waals surface area contributed by atoms with E-state index in [9.17, 15) is 14.9 Å². The van der Waals surface area contributed by atoms with Gasteiger partial charge >= 0.3 is 0 Å². The molecule has 0 fully saturated rings. The molecule has 0 saturated heterocycles. The quantitative estimate of drug-likeness (QED) is 0.464. The molecule has 29 heavy (non-hydrogen) atoms. The van der Waals surface area contributed by atoms with Crippen LogP contribution in [-0.2, 0) is 11.2 Å². The Morgan fingerprint density at radius 1 is 1.17 bits per heavy atom. The number of rotatable bonds is 9. The number of carbonyl (C=O) groups is 1. The van der Waals surface area contributed by atoms with Crippen molar-refractivity contribution in [2.24, 2.45) is 0 Å². The Labute approximate surface area is 177 Å². The standard InChI is InChI=1S/C19H20Cl2N2O6/c1-11(29-15-6-4-5-13(20)18(15)21)19(24)22-8-7-12-9-16(27-2)17(28-3)10-14(12)23(25)26/h4-6,9-11H,7-8H2,1-3H3,(H,22,24).